The highest BCUT2D eigenvalue weighted by molar-refractivity contribution is 7.17. The molecule has 0 spiro atoms. The molecule has 2 fully saturated rings. The fourth-order valence-electron chi connectivity index (χ4n) is 5.86. The number of ether oxygens (including phenoxy) is 4. The first-order valence-corrected chi connectivity index (χ1v) is 15.1. The van der Waals surface area contributed by atoms with Crippen LogP contribution in [0.5, 0.6) is 5.75 Å². The minimum Gasteiger partial charge on any atom is -0.494 e. The van der Waals surface area contributed by atoms with E-state index in [0.717, 1.165) is 35.3 Å². The van der Waals surface area contributed by atoms with E-state index in [2.05, 4.69) is 41.8 Å². The van der Waals surface area contributed by atoms with Crippen LogP contribution in [-0.2, 0) is 26.6 Å². The van der Waals surface area contributed by atoms with Crippen molar-refractivity contribution >= 4 is 27.5 Å². The van der Waals surface area contributed by atoms with Crippen molar-refractivity contribution in [2.45, 2.75) is 43.7 Å². The number of thiophene rings is 1. The molecule has 4 aromatic rings. The number of rotatable bonds is 10. The molecule has 2 atom stereocenters. The van der Waals surface area contributed by atoms with E-state index in [4.69, 9.17) is 18.9 Å². The van der Waals surface area contributed by atoms with Crippen molar-refractivity contribution in [2.75, 3.05) is 32.9 Å². The van der Waals surface area contributed by atoms with Gasteiger partial charge in [-0.1, -0.05) is 48.5 Å². The second-order valence-electron chi connectivity index (χ2n) is 10.6. The van der Waals surface area contributed by atoms with Gasteiger partial charge < -0.3 is 29.0 Å². The summed E-state index contributed by atoms with van der Waals surface area (Å²) in [5, 5.41) is 12.9. The molecule has 7 nitrogen and oxygen atoms in total. The lowest BCUT2D eigenvalue weighted by atomic mass is 9.87. The average molecular weight is 574 g/mol. The number of piperidine rings is 1. The van der Waals surface area contributed by atoms with Gasteiger partial charge in [-0.3, -0.25) is 0 Å². The van der Waals surface area contributed by atoms with Gasteiger partial charge in [0.15, 0.2) is 5.79 Å². The zero-order chi connectivity index (χ0) is 28.1. The van der Waals surface area contributed by atoms with Crippen molar-refractivity contribution < 1.29 is 28.8 Å². The highest BCUT2D eigenvalue weighted by Crippen LogP contribution is 2.36. The van der Waals surface area contributed by atoms with Crippen molar-refractivity contribution in [3.63, 3.8) is 0 Å². The summed E-state index contributed by atoms with van der Waals surface area (Å²) < 4.78 is 25.8. The maximum absolute atomic E-state index is 11.7. The smallest absolute Gasteiger partial charge is 0.407 e. The van der Waals surface area contributed by atoms with Gasteiger partial charge in [0.25, 0.3) is 0 Å². The molecule has 0 bridgehead atoms. The summed E-state index contributed by atoms with van der Waals surface area (Å²) in [6, 6.07) is 26.7. The molecule has 1 N–H and O–H groups in total. The van der Waals surface area contributed by atoms with E-state index in [1.807, 2.05) is 42.5 Å². The van der Waals surface area contributed by atoms with Crippen LogP contribution >= 0.6 is 11.3 Å². The Hall–Kier alpha value is -3.43. The molecule has 3 heterocycles. The largest absolute Gasteiger partial charge is 0.494 e. The molecule has 214 valence electrons. The Labute approximate surface area is 244 Å². The van der Waals surface area contributed by atoms with Gasteiger partial charge in [0.2, 0.25) is 0 Å². The van der Waals surface area contributed by atoms with Gasteiger partial charge in [-0.05, 0) is 65.1 Å². The molecule has 2 unspecified atom stereocenters. The highest BCUT2D eigenvalue weighted by atomic mass is 32.1. The minimum absolute atomic E-state index is 0.104. The number of hydrogen-bond acceptors (Lipinski definition) is 6. The molecule has 0 aliphatic carbocycles. The van der Waals surface area contributed by atoms with Gasteiger partial charge in [0, 0.05) is 29.1 Å². The molecule has 2 saturated heterocycles. The summed E-state index contributed by atoms with van der Waals surface area (Å²) in [5.41, 5.74) is 3.27. The van der Waals surface area contributed by atoms with Gasteiger partial charge in [0.05, 0.1) is 39.1 Å². The van der Waals surface area contributed by atoms with Crippen LogP contribution in [-0.4, -0.2) is 55.1 Å². The Morgan fingerprint density at radius 2 is 1.83 bits per heavy atom. The number of carboxylic acid groups (broad SMARTS) is 1. The lowest BCUT2D eigenvalue weighted by molar-refractivity contribution is -0.172. The van der Waals surface area contributed by atoms with Crippen molar-refractivity contribution in [1.82, 2.24) is 4.90 Å². The number of amides is 1. The maximum atomic E-state index is 11.7. The molecule has 1 amide bonds. The monoisotopic (exact) mass is 573 g/mol. The van der Waals surface area contributed by atoms with Gasteiger partial charge >= 0.3 is 6.09 Å². The predicted molar refractivity (Wildman–Crippen MR) is 159 cm³/mol. The zero-order valence-electron chi connectivity index (χ0n) is 22.9. The molecular weight excluding hydrogens is 538 g/mol. The third-order valence-electron chi connectivity index (χ3n) is 8.01. The van der Waals surface area contributed by atoms with Crippen molar-refractivity contribution in [2.24, 2.45) is 0 Å². The molecule has 3 aromatic carbocycles. The summed E-state index contributed by atoms with van der Waals surface area (Å²) in [6.07, 6.45) is 1.09. The summed E-state index contributed by atoms with van der Waals surface area (Å²) in [5.74, 6) is 0.219. The molecule has 0 saturated carbocycles. The maximum Gasteiger partial charge on any atom is 0.407 e. The first kappa shape index (κ1) is 27.7. The Bertz CT molecular complexity index is 1430. The number of fused-ring (bicyclic) bond motifs is 1. The van der Waals surface area contributed by atoms with Crippen LogP contribution < -0.4 is 4.74 Å². The van der Waals surface area contributed by atoms with Crippen LogP contribution in [0.4, 0.5) is 4.79 Å². The topological polar surface area (TPSA) is 77.5 Å². The molecule has 41 heavy (non-hydrogen) atoms. The van der Waals surface area contributed by atoms with Crippen LogP contribution in [0.3, 0.4) is 0 Å². The number of carbonyl (C=O) groups is 1. The van der Waals surface area contributed by atoms with Crippen molar-refractivity contribution in [3.8, 4) is 5.75 Å². The van der Waals surface area contributed by atoms with Gasteiger partial charge in [0.1, 0.15) is 5.75 Å². The van der Waals surface area contributed by atoms with Crippen molar-refractivity contribution in [3.05, 3.63) is 101 Å². The second kappa shape index (κ2) is 12.6. The quantitative estimate of drug-likeness (QED) is 0.206. The molecule has 2 aliphatic heterocycles. The lowest BCUT2D eigenvalue weighted by Crippen LogP contribution is -2.46. The predicted octanol–water partition coefficient (Wildman–Crippen LogP) is 7.01. The summed E-state index contributed by atoms with van der Waals surface area (Å²) in [6.45, 7) is 3.03. The summed E-state index contributed by atoms with van der Waals surface area (Å²) in [7, 11) is 0. The van der Waals surface area contributed by atoms with E-state index in [1.165, 1.54) is 15.0 Å². The van der Waals surface area contributed by atoms with Gasteiger partial charge in [-0.25, -0.2) is 4.79 Å². The third kappa shape index (κ3) is 6.41. The van der Waals surface area contributed by atoms with E-state index in [1.54, 1.807) is 11.3 Å². The number of benzene rings is 3. The summed E-state index contributed by atoms with van der Waals surface area (Å²) in [4.78, 5) is 13.2. The molecule has 8 heteroatoms. The van der Waals surface area contributed by atoms with Gasteiger partial charge in [-0.2, -0.15) is 0 Å². The Balaban J connectivity index is 1.06. The van der Waals surface area contributed by atoms with Crippen LogP contribution in [0.15, 0.2) is 84.2 Å². The molecule has 2 aliphatic rings. The Morgan fingerprint density at radius 3 is 2.61 bits per heavy atom. The fraction of sp³-hybridized carbons (Fsp3) is 0.364. The second-order valence-corrected chi connectivity index (χ2v) is 11.6. The third-order valence-corrected chi connectivity index (χ3v) is 8.90. The lowest BCUT2D eigenvalue weighted by Gasteiger charge is -2.37. The number of likely N-dealkylation sites (tertiary alicyclic amines) is 1. The van der Waals surface area contributed by atoms with E-state index >= 15 is 0 Å². The van der Waals surface area contributed by atoms with Crippen LogP contribution in [0.25, 0.3) is 10.1 Å². The van der Waals surface area contributed by atoms with E-state index in [-0.39, 0.29) is 12.0 Å². The molecule has 1 aromatic heterocycles. The average Bonchev–Trinajstić information content (AvgIpc) is 3.69. The SMILES string of the molecule is O=C(O)N1CCC(c2ccc(OCCCC3(c4ccccc4)OCCO3)cc2)C(OCc2ccc3sccc3c2)C1. The minimum atomic E-state index is -0.900. The number of nitrogens with zero attached hydrogens (tertiary/aromatic N) is 1. The normalized spacial score (nSPS) is 20.3. The Morgan fingerprint density at radius 1 is 1.02 bits per heavy atom. The molecule has 6 rings (SSSR count). The molecule has 0 radical (unpaired) electrons. The fourth-order valence-corrected chi connectivity index (χ4v) is 6.63. The van der Waals surface area contributed by atoms with Crippen LogP contribution in [0.2, 0.25) is 0 Å². The standard InChI is InChI=1S/C33H35NO6S/c35-32(36)34-16-13-29(30(22-34)38-23-24-7-12-31-26(21-24)14-20-41-31)25-8-10-28(11-9-25)37-17-4-15-33(39-18-19-40-33)27-5-2-1-3-6-27/h1-3,5-12,14,20-21,29-30H,4,13,15-19,22-23H2,(H,35,36). The Kier molecular flexibility index (Phi) is 8.53. The molecular formula is C33H35NO6S. The van der Waals surface area contributed by atoms with Crippen LogP contribution in [0, 0.1) is 0 Å². The van der Waals surface area contributed by atoms with Crippen LogP contribution in [0.1, 0.15) is 41.9 Å². The van der Waals surface area contributed by atoms with E-state index in [0.29, 0.717) is 45.9 Å². The first-order valence-electron chi connectivity index (χ1n) is 14.2. The van der Waals surface area contributed by atoms with Crippen molar-refractivity contribution in [1.29, 1.82) is 0 Å². The zero-order valence-corrected chi connectivity index (χ0v) is 23.8. The number of hydrogen-bond donors (Lipinski definition) is 1. The highest BCUT2D eigenvalue weighted by Gasteiger charge is 2.38. The summed E-state index contributed by atoms with van der Waals surface area (Å²) >= 11 is 1.72. The van der Waals surface area contributed by atoms with E-state index < -0.39 is 11.9 Å². The van der Waals surface area contributed by atoms with Gasteiger partial charge in [-0.15, -0.1) is 11.3 Å². The van der Waals surface area contributed by atoms with E-state index in [9.17, 15) is 9.90 Å². The first-order chi connectivity index (χ1) is 20.1.